The molecule has 2 heterocycles. The maximum absolute atomic E-state index is 12.4. The fourth-order valence-corrected chi connectivity index (χ4v) is 3.99. The third kappa shape index (κ3) is 4.22. The van der Waals surface area contributed by atoms with Gasteiger partial charge in [0, 0.05) is 22.8 Å². The first kappa shape index (κ1) is 20.1. The van der Waals surface area contributed by atoms with E-state index in [1.807, 2.05) is 24.3 Å². The van der Waals surface area contributed by atoms with Crippen molar-refractivity contribution in [3.8, 4) is 11.5 Å². The molecule has 0 spiro atoms. The number of para-hydroxylation sites is 1. The third-order valence-electron chi connectivity index (χ3n) is 4.32. The highest BCUT2D eigenvalue weighted by Gasteiger charge is 2.20. The van der Waals surface area contributed by atoms with Gasteiger partial charge < -0.3 is 14.7 Å². The first-order valence-electron chi connectivity index (χ1n) is 8.81. The van der Waals surface area contributed by atoms with E-state index in [0.29, 0.717) is 11.6 Å². The zero-order valence-corrected chi connectivity index (χ0v) is 17.3. The van der Waals surface area contributed by atoms with Crippen LogP contribution in [0.3, 0.4) is 0 Å². The van der Waals surface area contributed by atoms with Crippen molar-refractivity contribution in [1.29, 1.82) is 0 Å². The molecule has 9 nitrogen and oxygen atoms in total. The van der Waals surface area contributed by atoms with Crippen LogP contribution in [0.5, 0.6) is 0 Å². The fourth-order valence-electron chi connectivity index (χ4n) is 2.79. The van der Waals surface area contributed by atoms with E-state index in [2.05, 4.69) is 20.5 Å². The normalized spacial score (nSPS) is 12.7. The first-order chi connectivity index (χ1) is 14.3. The van der Waals surface area contributed by atoms with Gasteiger partial charge in [-0.3, -0.25) is 4.79 Å². The molecule has 0 aliphatic rings. The Morgan fingerprint density at radius 2 is 1.90 bits per heavy atom. The van der Waals surface area contributed by atoms with Crippen LogP contribution in [0.2, 0.25) is 0 Å². The lowest BCUT2D eigenvalue weighted by Crippen LogP contribution is -2.22. The molecule has 0 fully saturated rings. The maximum atomic E-state index is 12.4. The van der Waals surface area contributed by atoms with Crippen LogP contribution < -0.4 is 10.5 Å². The summed E-state index contributed by atoms with van der Waals surface area (Å²) >= 11 is 1.12. The van der Waals surface area contributed by atoms with Gasteiger partial charge in [0.05, 0.1) is 15.7 Å². The van der Waals surface area contributed by atoms with Crippen molar-refractivity contribution in [3.63, 3.8) is 0 Å². The quantitative estimate of drug-likeness (QED) is 0.389. The molecule has 0 saturated heterocycles. The number of carbonyl (C=O) groups excluding carboxylic acids is 1. The number of sulfonamides is 1. The Morgan fingerprint density at radius 1 is 1.17 bits per heavy atom. The summed E-state index contributed by atoms with van der Waals surface area (Å²) in [6.07, 6.45) is 1.80. The zero-order chi connectivity index (χ0) is 21.3. The minimum Gasteiger partial charge on any atom is -0.411 e. The molecular weight excluding hydrogens is 426 g/mol. The number of nitrogens with zero attached hydrogens (tertiary/aromatic N) is 2. The third-order valence-corrected chi connectivity index (χ3v) is 6.19. The van der Waals surface area contributed by atoms with Gasteiger partial charge in [0.15, 0.2) is 0 Å². The molecule has 2 aromatic heterocycles. The molecule has 0 radical (unpaired) electrons. The number of nitrogens with two attached hydrogens (primary N) is 1. The number of amides is 1. The number of fused-ring (bicyclic) bond motifs is 1. The molecule has 4 aromatic rings. The van der Waals surface area contributed by atoms with Gasteiger partial charge in [-0.25, -0.2) is 13.6 Å². The molecule has 1 atom stereocenters. The molecule has 30 heavy (non-hydrogen) atoms. The van der Waals surface area contributed by atoms with Crippen molar-refractivity contribution in [3.05, 3.63) is 54.7 Å². The predicted molar refractivity (Wildman–Crippen MR) is 113 cm³/mol. The lowest BCUT2D eigenvalue weighted by atomic mass is 10.2. The average molecular weight is 444 g/mol. The van der Waals surface area contributed by atoms with Crippen LogP contribution in [0.25, 0.3) is 22.4 Å². The molecule has 154 valence electrons. The second kappa shape index (κ2) is 7.94. The number of hydrogen-bond donors (Lipinski definition) is 3. The van der Waals surface area contributed by atoms with Crippen molar-refractivity contribution in [2.24, 2.45) is 5.14 Å². The van der Waals surface area contributed by atoms with E-state index in [1.54, 1.807) is 13.1 Å². The second-order valence-corrected chi connectivity index (χ2v) is 9.29. The number of anilines is 1. The lowest BCUT2D eigenvalue weighted by molar-refractivity contribution is -0.115. The summed E-state index contributed by atoms with van der Waals surface area (Å²) in [6, 6.07) is 13.4. The standard InChI is InChI=1S/C19H17N5O4S2/c1-11(17(25)22-12-6-8-13(9-7-12)30(20,26)27)29-19-24-23-18(28-19)15-10-21-16-5-3-2-4-14(15)16/h2-11,21H,1H3,(H,22,25)(H2,20,26,27). The molecular formula is C19H17N5O4S2. The monoisotopic (exact) mass is 443 g/mol. The summed E-state index contributed by atoms with van der Waals surface area (Å²) < 4.78 is 28.3. The number of rotatable bonds is 6. The highest BCUT2D eigenvalue weighted by Crippen LogP contribution is 2.31. The summed E-state index contributed by atoms with van der Waals surface area (Å²) in [6.45, 7) is 1.70. The van der Waals surface area contributed by atoms with E-state index in [-0.39, 0.29) is 16.0 Å². The summed E-state index contributed by atoms with van der Waals surface area (Å²) in [4.78, 5) is 15.6. The molecule has 0 saturated carbocycles. The smallest absolute Gasteiger partial charge is 0.277 e. The minimum atomic E-state index is -3.78. The Bertz CT molecular complexity index is 1310. The molecule has 11 heteroatoms. The number of H-pyrrole nitrogens is 1. The van der Waals surface area contributed by atoms with Gasteiger partial charge in [-0.05, 0) is 37.3 Å². The Kier molecular flexibility index (Phi) is 5.33. The van der Waals surface area contributed by atoms with Gasteiger partial charge in [-0.15, -0.1) is 10.2 Å². The molecule has 0 aliphatic heterocycles. The van der Waals surface area contributed by atoms with Crippen molar-refractivity contribution in [1.82, 2.24) is 15.2 Å². The SMILES string of the molecule is CC(Sc1nnc(-c2c[nH]c3ccccc23)o1)C(=O)Nc1ccc(S(N)(=O)=O)cc1. The Labute approximate surface area is 176 Å². The molecule has 1 amide bonds. The van der Waals surface area contributed by atoms with Gasteiger partial charge in [0.25, 0.3) is 11.1 Å². The van der Waals surface area contributed by atoms with Crippen molar-refractivity contribution >= 4 is 44.3 Å². The Hall–Kier alpha value is -3.15. The fraction of sp³-hybridized carbons (Fsp3) is 0.105. The van der Waals surface area contributed by atoms with E-state index < -0.39 is 15.3 Å². The van der Waals surface area contributed by atoms with Crippen molar-refractivity contribution in [2.75, 3.05) is 5.32 Å². The average Bonchev–Trinajstić information content (AvgIpc) is 3.34. The lowest BCUT2D eigenvalue weighted by Gasteiger charge is -2.10. The molecule has 1 unspecified atom stereocenters. The molecule has 2 aromatic carbocycles. The number of aromatic nitrogens is 3. The number of thioether (sulfide) groups is 1. The topological polar surface area (TPSA) is 144 Å². The van der Waals surface area contributed by atoms with Gasteiger partial charge >= 0.3 is 0 Å². The van der Waals surface area contributed by atoms with E-state index in [9.17, 15) is 13.2 Å². The van der Waals surface area contributed by atoms with Crippen LogP contribution in [0.15, 0.2) is 69.3 Å². The van der Waals surface area contributed by atoms with E-state index in [4.69, 9.17) is 9.56 Å². The highest BCUT2D eigenvalue weighted by atomic mass is 32.2. The summed E-state index contributed by atoms with van der Waals surface area (Å²) in [5.74, 6) is 0.0661. The van der Waals surface area contributed by atoms with E-state index in [1.165, 1.54) is 24.3 Å². The van der Waals surface area contributed by atoms with Gasteiger partial charge in [0.2, 0.25) is 15.9 Å². The minimum absolute atomic E-state index is 0.0291. The predicted octanol–water partition coefficient (Wildman–Crippen LogP) is 2.98. The largest absolute Gasteiger partial charge is 0.411 e. The molecule has 0 bridgehead atoms. The number of primary sulfonamides is 1. The summed E-state index contributed by atoms with van der Waals surface area (Å²) in [7, 11) is -3.78. The number of nitrogens with one attached hydrogen (secondary N) is 2. The number of carbonyl (C=O) groups is 1. The van der Waals surface area contributed by atoms with Crippen LogP contribution in [0.4, 0.5) is 5.69 Å². The summed E-state index contributed by atoms with van der Waals surface area (Å²) in [5.41, 5.74) is 2.20. The maximum Gasteiger partial charge on any atom is 0.277 e. The number of aromatic amines is 1. The zero-order valence-electron chi connectivity index (χ0n) is 15.7. The van der Waals surface area contributed by atoms with Crippen LogP contribution in [0.1, 0.15) is 6.92 Å². The van der Waals surface area contributed by atoms with Gasteiger partial charge in [-0.1, -0.05) is 30.0 Å². The number of benzene rings is 2. The Morgan fingerprint density at radius 3 is 2.63 bits per heavy atom. The van der Waals surface area contributed by atoms with E-state index in [0.717, 1.165) is 28.2 Å². The highest BCUT2D eigenvalue weighted by molar-refractivity contribution is 8.00. The van der Waals surface area contributed by atoms with Crippen LogP contribution >= 0.6 is 11.8 Å². The van der Waals surface area contributed by atoms with Crippen molar-refractivity contribution < 1.29 is 17.6 Å². The van der Waals surface area contributed by atoms with Crippen molar-refractivity contribution in [2.45, 2.75) is 22.3 Å². The molecule has 4 N–H and O–H groups in total. The molecule has 4 rings (SSSR count). The molecule has 0 aliphatic carbocycles. The van der Waals surface area contributed by atoms with E-state index >= 15 is 0 Å². The first-order valence-corrected chi connectivity index (χ1v) is 11.2. The summed E-state index contributed by atoms with van der Waals surface area (Å²) in [5, 5.41) is 16.6. The van der Waals surface area contributed by atoms with Crippen LogP contribution in [0, 0.1) is 0 Å². The van der Waals surface area contributed by atoms with Gasteiger partial charge in [-0.2, -0.15) is 0 Å². The van der Waals surface area contributed by atoms with Crippen LogP contribution in [-0.2, 0) is 14.8 Å². The van der Waals surface area contributed by atoms with Crippen LogP contribution in [-0.4, -0.2) is 34.8 Å². The van der Waals surface area contributed by atoms with Gasteiger partial charge in [0.1, 0.15) is 0 Å². The second-order valence-electron chi connectivity index (χ2n) is 6.44. The Balaban J connectivity index is 1.43. The number of hydrogen-bond acceptors (Lipinski definition) is 7.